The molecule has 0 fully saturated rings. The van der Waals surface area contributed by atoms with Gasteiger partial charge in [0.05, 0.1) is 13.2 Å². The molecule has 0 radical (unpaired) electrons. The highest BCUT2D eigenvalue weighted by Gasteiger charge is 2.25. The number of hydrogen-bond acceptors (Lipinski definition) is 5. The molecule has 0 aliphatic heterocycles. The van der Waals surface area contributed by atoms with Crippen LogP contribution in [0.5, 0.6) is 17.2 Å². The molecule has 9 heteroatoms. The van der Waals surface area contributed by atoms with E-state index in [1.807, 2.05) is 30.3 Å². The number of nitrogens with one attached hydrogen (secondary N) is 2. The molecule has 0 saturated heterocycles. The first kappa shape index (κ1) is 22.6. The van der Waals surface area contributed by atoms with E-state index in [4.69, 9.17) is 21.1 Å². The highest BCUT2D eigenvalue weighted by molar-refractivity contribution is 7.89. The van der Waals surface area contributed by atoms with Gasteiger partial charge in [-0.3, -0.25) is 4.79 Å². The van der Waals surface area contributed by atoms with E-state index in [0.717, 1.165) is 0 Å². The molecule has 0 bridgehead atoms. The van der Waals surface area contributed by atoms with Crippen LogP contribution in [0, 0.1) is 0 Å². The largest absolute Gasteiger partial charge is 0.495 e. The van der Waals surface area contributed by atoms with Gasteiger partial charge in [-0.1, -0.05) is 29.8 Å². The second-order valence-corrected chi connectivity index (χ2v) is 8.69. The Morgan fingerprint density at radius 1 is 0.968 bits per heavy atom. The average Bonchev–Trinajstić information content (AvgIpc) is 2.75. The smallest absolute Gasteiger partial charge is 0.245 e. The number of ether oxygens (including phenoxy) is 2. The van der Waals surface area contributed by atoms with E-state index in [1.54, 1.807) is 24.3 Å². The van der Waals surface area contributed by atoms with Gasteiger partial charge < -0.3 is 14.8 Å². The van der Waals surface area contributed by atoms with Crippen LogP contribution in [0.25, 0.3) is 0 Å². The van der Waals surface area contributed by atoms with Crippen molar-refractivity contribution >= 4 is 33.2 Å². The fourth-order valence-corrected chi connectivity index (χ4v) is 4.33. The Morgan fingerprint density at radius 3 is 2.26 bits per heavy atom. The number of carbonyl (C=O) groups is 1. The van der Waals surface area contributed by atoms with Crippen LogP contribution in [-0.2, 0) is 14.8 Å². The molecule has 31 heavy (non-hydrogen) atoms. The van der Waals surface area contributed by atoms with Crippen LogP contribution < -0.4 is 19.5 Å². The third kappa shape index (κ3) is 5.97. The number of para-hydroxylation sites is 1. The second-order valence-electron chi connectivity index (χ2n) is 6.57. The summed E-state index contributed by atoms with van der Waals surface area (Å²) in [6, 6.07) is 19.2. The number of carbonyl (C=O) groups excluding carboxylic acids is 1. The molecule has 162 valence electrons. The number of methoxy groups -OCH3 is 1. The summed E-state index contributed by atoms with van der Waals surface area (Å²) in [6.45, 7) is 1.44. The van der Waals surface area contributed by atoms with Crippen molar-refractivity contribution in [1.82, 2.24) is 4.72 Å². The lowest BCUT2D eigenvalue weighted by atomic mass is 10.2. The number of rotatable bonds is 8. The molecule has 0 aliphatic rings. The minimum Gasteiger partial charge on any atom is -0.495 e. The van der Waals surface area contributed by atoms with Crippen molar-refractivity contribution in [3.63, 3.8) is 0 Å². The minimum atomic E-state index is -4.04. The SMILES string of the molecule is COc1ccc(Cl)cc1S(=O)(=O)N[C@H](C)C(=O)Nc1ccc(Oc2ccccc2)cc1. The summed E-state index contributed by atoms with van der Waals surface area (Å²) in [6.07, 6.45) is 0. The van der Waals surface area contributed by atoms with Crippen molar-refractivity contribution in [3.05, 3.63) is 77.8 Å². The summed E-state index contributed by atoms with van der Waals surface area (Å²) >= 11 is 5.91. The molecule has 1 atom stereocenters. The van der Waals surface area contributed by atoms with E-state index in [1.165, 1.54) is 32.2 Å². The summed E-state index contributed by atoms with van der Waals surface area (Å²) < 4.78 is 38.5. The maximum atomic E-state index is 12.7. The van der Waals surface area contributed by atoms with E-state index in [-0.39, 0.29) is 15.7 Å². The van der Waals surface area contributed by atoms with Gasteiger partial charge >= 0.3 is 0 Å². The summed E-state index contributed by atoms with van der Waals surface area (Å²) in [7, 11) is -2.69. The van der Waals surface area contributed by atoms with Gasteiger partial charge in [0.15, 0.2) is 0 Å². The summed E-state index contributed by atoms with van der Waals surface area (Å²) in [5.41, 5.74) is 0.497. The number of halogens is 1. The summed E-state index contributed by atoms with van der Waals surface area (Å²) in [5.74, 6) is 0.893. The van der Waals surface area contributed by atoms with Crippen molar-refractivity contribution < 1.29 is 22.7 Å². The molecular weight excluding hydrogens is 440 g/mol. The van der Waals surface area contributed by atoms with Gasteiger partial charge in [0, 0.05) is 10.7 Å². The van der Waals surface area contributed by atoms with E-state index in [2.05, 4.69) is 10.0 Å². The molecule has 0 spiro atoms. The molecule has 2 N–H and O–H groups in total. The molecule has 0 aliphatic carbocycles. The van der Waals surface area contributed by atoms with E-state index >= 15 is 0 Å². The third-order valence-corrected chi connectivity index (χ3v) is 6.04. The average molecular weight is 461 g/mol. The van der Waals surface area contributed by atoms with Gasteiger partial charge in [-0.2, -0.15) is 4.72 Å². The molecule has 3 rings (SSSR count). The third-order valence-electron chi connectivity index (χ3n) is 4.24. The lowest BCUT2D eigenvalue weighted by Crippen LogP contribution is -2.41. The standard InChI is InChI=1S/C22H21ClN2O5S/c1-15(25-31(27,28)21-14-16(23)8-13-20(21)29-2)22(26)24-17-9-11-19(12-10-17)30-18-6-4-3-5-7-18/h3-15,25H,1-2H3,(H,24,26)/t15-/m1/s1. The van der Waals surface area contributed by atoms with Crippen LogP contribution in [0.15, 0.2) is 77.7 Å². The van der Waals surface area contributed by atoms with Gasteiger partial charge in [0.1, 0.15) is 22.1 Å². The Kier molecular flexibility index (Phi) is 7.17. The topological polar surface area (TPSA) is 93.7 Å². The summed E-state index contributed by atoms with van der Waals surface area (Å²) in [4.78, 5) is 12.3. The minimum absolute atomic E-state index is 0.124. The van der Waals surface area contributed by atoms with Gasteiger partial charge in [-0.25, -0.2) is 8.42 Å². The quantitative estimate of drug-likeness (QED) is 0.518. The molecular formula is C22H21ClN2O5S. The van der Waals surface area contributed by atoms with Crippen molar-refractivity contribution in [2.24, 2.45) is 0 Å². The lowest BCUT2D eigenvalue weighted by Gasteiger charge is -2.16. The highest BCUT2D eigenvalue weighted by atomic mass is 35.5. The molecule has 0 saturated carbocycles. The number of hydrogen-bond donors (Lipinski definition) is 2. The molecule has 3 aromatic carbocycles. The van der Waals surface area contributed by atoms with Crippen LogP contribution >= 0.6 is 11.6 Å². The van der Waals surface area contributed by atoms with Crippen molar-refractivity contribution in [1.29, 1.82) is 0 Å². The molecule has 7 nitrogen and oxygen atoms in total. The number of anilines is 1. The Hall–Kier alpha value is -3.07. The first-order chi connectivity index (χ1) is 14.8. The first-order valence-electron chi connectivity index (χ1n) is 9.28. The van der Waals surface area contributed by atoms with E-state index < -0.39 is 22.0 Å². The predicted octanol–water partition coefficient (Wildman–Crippen LogP) is 4.45. The van der Waals surface area contributed by atoms with E-state index in [9.17, 15) is 13.2 Å². The predicted molar refractivity (Wildman–Crippen MR) is 119 cm³/mol. The Morgan fingerprint density at radius 2 is 1.61 bits per heavy atom. The molecule has 0 heterocycles. The van der Waals surface area contributed by atoms with E-state index in [0.29, 0.717) is 17.2 Å². The summed E-state index contributed by atoms with van der Waals surface area (Å²) in [5, 5.41) is 2.90. The fourth-order valence-electron chi connectivity index (χ4n) is 2.69. The molecule has 3 aromatic rings. The van der Waals surface area contributed by atoms with Crippen LogP contribution in [-0.4, -0.2) is 27.5 Å². The Bertz CT molecular complexity index is 1150. The first-order valence-corrected chi connectivity index (χ1v) is 11.1. The zero-order chi connectivity index (χ0) is 22.4. The number of benzene rings is 3. The number of sulfonamides is 1. The maximum absolute atomic E-state index is 12.7. The molecule has 1 amide bonds. The van der Waals surface area contributed by atoms with Crippen LogP contribution in [0.2, 0.25) is 5.02 Å². The van der Waals surface area contributed by atoms with Crippen molar-refractivity contribution in [2.45, 2.75) is 17.9 Å². The van der Waals surface area contributed by atoms with Gasteiger partial charge in [0.25, 0.3) is 0 Å². The fraction of sp³-hybridized carbons (Fsp3) is 0.136. The van der Waals surface area contributed by atoms with Crippen molar-refractivity contribution in [2.75, 3.05) is 12.4 Å². The monoisotopic (exact) mass is 460 g/mol. The maximum Gasteiger partial charge on any atom is 0.245 e. The van der Waals surface area contributed by atoms with Crippen LogP contribution in [0.1, 0.15) is 6.92 Å². The normalized spacial score (nSPS) is 12.1. The van der Waals surface area contributed by atoms with Crippen LogP contribution in [0.3, 0.4) is 0 Å². The van der Waals surface area contributed by atoms with Gasteiger partial charge in [0.2, 0.25) is 15.9 Å². The van der Waals surface area contributed by atoms with Gasteiger partial charge in [-0.05, 0) is 61.5 Å². The lowest BCUT2D eigenvalue weighted by molar-refractivity contribution is -0.117. The number of amides is 1. The Balaban J connectivity index is 1.64. The van der Waals surface area contributed by atoms with Gasteiger partial charge in [-0.15, -0.1) is 0 Å². The molecule has 0 unspecified atom stereocenters. The van der Waals surface area contributed by atoms with Crippen molar-refractivity contribution in [3.8, 4) is 17.2 Å². The molecule has 0 aromatic heterocycles. The second kappa shape index (κ2) is 9.82. The zero-order valence-electron chi connectivity index (χ0n) is 16.8. The highest BCUT2D eigenvalue weighted by Crippen LogP contribution is 2.27. The zero-order valence-corrected chi connectivity index (χ0v) is 18.4. The van der Waals surface area contributed by atoms with Crippen LogP contribution in [0.4, 0.5) is 5.69 Å². The Labute approximate surface area is 186 Å².